The lowest BCUT2D eigenvalue weighted by molar-refractivity contribution is 0.399. The summed E-state index contributed by atoms with van der Waals surface area (Å²) in [6.45, 7) is 79.3. The minimum Gasteiger partial charge on any atom is -0.264 e. The van der Waals surface area contributed by atoms with Crippen molar-refractivity contribution in [2.24, 2.45) is 0 Å². The molecule has 0 atom stereocenters. The molecule has 0 saturated carbocycles. The zero-order valence-corrected chi connectivity index (χ0v) is 65.3. The molecule has 504 valence electrons. The molecule has 0 spiro atoms. The molecular weight excluding hydrogens is 1090 g/mol. The molecule has 6 aliphatic rings. The van der Waals surface area contributed by atoms with Crippen molar-refractivity contribution >= 4 is 0 Å². The van der Waals surface area contributed by atoms with Crippen LogP contribution in [-0.4, -0.2) is 29.9 Å². The second-order valence-electron chi connectivity index (χ2n) is 32.1. The number of benzene rings is 1. The smallest absolute Gasteiger partial charge is 0.115 e. The second kappa shape index (κ2) is 32.6. The number of pyridine rings is 4. The lowest BCUT2D eigenvalue weighted by Crippen LogP contribution is -2.18. The summed E-state index contributed by atoms with van der Waals surface area (Å²) in [4.78, 5) is 26.0. The molecule has 1 aromatic carbocycles. The van der Waals surface area contributed by atoms with Crippen LogP contribution < -0.4 is 0 Å². The largest absolute Gasteiger partial charge is 0.264 e. The van der Waals surface area contributed by atoms with Gasteiger partial charge in [0.25, 0.3) is 0 Å². The summed E-state index contributed by atoms with van der Waals surface area (Å²) in [6, 6.07) is 21.7. The van der Waals surface area contributed by atoms with Crippen LogP contribution in [0, 0.1) is 0 Å². The van der Waals surface area contributed by atoms with Crippen LogP contribution in [-0.2, 0) is 65.0 Å². The summed E-state index contributed by atoms with van der Waals surface area (Å²) in [5.41, 5.74) is 20.4. The topological polar surface area (TPSA) is 77.3 Å². The lowest BCUT2D eigenvalue weighted by Gasteiger charge is -2.22. The predicted molar refractivity (Wildman–Crippen MR) is 398 cm³/mol. The molecule has 0 bridgehead atoms. The van der Waals surface area contributed by atoms with Crippen molar-refractivity contribution < 1.29 is 0 Å². The van der Waals surface area contributed by atoms with Gasteiger partial charge in [0.15, 0.2) is 0 Å². The Kier molecular flexibility index (Phi) is 30.1. The van der Waals surface area contributed by atoms with E-state index in [-0.39, 0.29) is 21.7 Å². The Bertz CT molecular complexity index is 2360. The van der Waals surface area contributed by atoms with Crippen LogP contribution in [0.25, 0.3) is 0 Å². The van der Waals surface area contributed by atoms with Crippen LogP contribution in [0.2, 0.25) is 0 Å². The molecule has 6 aromatic rings. The number of aromatic nitrogens is 6. The Morgan fingerprint density at radius 2 is 0.433 bits per heavy atom. The maximum absolute atomic E-state index is 4.51. The summed E-state index contributed by atoms with van der Waals surface area (Å²) in [6.07, 6.45) is 22.6. The summed E-state index contributed by atoms with van der Waals surface area (Å²) >= 11 is 0. The maximum Gasteiger partial charge on any atom is 0.115 e. The minimum atomic E-state index is 0.210. The van der Waals surface area contributed by atoms with Gasteiger partial charge < -0.3 is 0 Å². The van der Waals surface area contributed by atoms with E-state index in [9.17, 15) is 0 Å². The molecule has 6 heteroatoms. The van der Waals surface area contributed by atoms with E-state index in [1.807, 2.05) is 139 Å². The van der Waals surface area contributed by atoms with Crippen LogP contribution in [0.3, 0.4) is 0 Å². The van der Waals surface area contributed by atoms with Crippen molar-refractivity contribution in [2.75, 3.05) is 0 Å². The van der Waals surface area contributed by atoms with Gasteiger partial charge in [0.05, 0.1) is 5.69 Å². The van der Waals surface area contributed by atoms with Crippen LogP contribution in [0.4, 0.5) is 0 Å². The number of nitrogens with zero attached hydrogens (tertiary/aromatic N) is 6. The molecule has 0 aliphatic heterocycles. The summed E-state index contributed by atoms with van der Waals surface area (Å²) in [7, 11) is 0. The molecule has 5 heterocycles. The Morgan fingerprint density at radius 1 is 0.211 bits per heavy atom. The molecule has 0 fully saturated rings. The van der Waals surface area contributed by atoms with Crippen molar-refractivity contribution in [3.63, 3.8) is 0 Å². The van der Waals surface area contributed by atoms with Gasteiger partial charge in [0, 0.05) is 71.0 Å². The normalized spacial score (nSPS) is 20.1. The van der Waals surface area contributed by atoms with Gasteiger partial charge in [-0.2, -0.15) is 0 Å². The molecule has 90 heavy (non-hydrogen) atoms. The standard InChI is InChI=1S/C13H18.4C12H17N.C11H16N2.6C2H6/c1-12(2)9-13(3,4)11-8-6-5-7-10(11)12;2*1-11(2)8-12(3,4)10-7-13-6-5-9(10)11;2*1-11(2)8-12(3,4)10-9(11)6-5-7-13-10;1-10(2)6-11(3,4)9-8(10)5-12-7-13-9;6*1-2/h5-8H,9H2,1-4H3;4*5-7H,8H2,1-4H3;5,7H,6H2,1-4H3;6*1-2H3. The highest BCUT2D eigenvalue weighted by molar-refractivity contribution is 5.46. The van der Waals surface area contributed by atoms with Gasteiger partial charge in [-0.05, 0) is 162 Å². The molecule has 0 unspecified atom stereocenters. The van der Waals surface area contributed by atoms with E-state index in [0.29, 0.717) is 43.3 Å². The van der Waals surface area contributed by atoms with E-state index >= 15 is 0 Å². The lowest BCUT2D eigenvalue weighted by atomic mass is 9.82. The van der Waals surface area contributed by atoms with Gasteiger partial charge in [-0.3, -0.25) is 19.9 Å². The van der Waals surface area contributed by atoms with E-state index < -0.39 is 0 Å². The van der Waals surface area contributed by atoms with E-state index in [2.05, 4.69) is 245 Å². The van der Waals surface area contributed by atoms with Crippen molar-refractivity contribution in [1.82, 2.24) is 29.9 Å². The van der Waals surface area contributed by atoms with Crippen molar-refractivity contribution in [2.45, 2.75) is 353 Å². The van der Waals surface area contributed by atoms with Gasteiger partial charge in [0.2, 0.25) is 0 Å². The first-order chi connectivity index (χ1) is 41.6. The number of rotatable bonds is 0. The van der Waals surface area contributed by atoms with E-state index in [1.54, 1.807) is 17.5 Å². The van der Waals surface area contributed by atoms with Crippen molar-refractivity contribution in [3.8, 4) is 0 Å². The monoisotopic (exact) mass is 1230 g/mol. The van der Waals surface area contributed by atoms with Crippen molar-refractivity contribution in [1.29, 1.82) is 0 Å². The summed E-state index contributed by atoms with van der Waals surface area (Å²) in [5.74, 6) is 0. The van der Waals surface area contributed by atoms with E-state index in [4.69, 9.17) is 0 Å². The highest BCUT2D eigenvalue weighted by atomic mass is 14.9. The zero-order chi connectivity index (χ0) is 70.1. The fourth-order valence-corrected chi connectivity index (χ4v) is 16.8. The molecule has 0 amide bonds. The average Bonchev–Trinajstić information content (AvgIpc) is 1.69. The summed E-state index contributed by atoms with van der Waals surface area (Å²) < 4.78 is 0. The molecule has 6 nitrogen and oxygen atoms in total. The van der Waals surface area contributed by atoms with Gasteiger partial charge in [-0.15, -0.1) is 0 Å². The highest BCUT2D eigenvalue weighted by Crippen LogP contribution is 2.53. The van der Waals surface area contributed by atoms with Crippen LogP contribution in [0.1, 0.15) is 355 Å². The fraction of sp³-hybridized carbons (Fsp3) is 0.643. The average molecular weight is 1230 g/mol. The van der Waals surface area contributed by atoms with Gasteiger partial charge in [0.1, 0.15) is 6.33 Å². The van der Waals surface area contributed by atoms with Crippen LogP contribution in [0.5, 0.6) is 0 Å². The third-order valence-corrected chi connectivity index (χ3v) is 18.7. The predicted octanol–water partition coefficient (Wildman–Crippen LogP) is 24.4. The number of hydrogen-bond donors (Lipinski definition) is 0. The Hall–Kier alpha value is -5.10. The molecular formula is C84H138N6. The first kappa shape index (κ1) is 82.9. The summed E-state index contributed by atoms with van der Waals surface area (Å²) in [5, 5.41) is 0. The third-order valence-electron chi connectivity index (χ3n) is 18.7. The Labute approximate surface area is 557 Å². The highest BCUT2D eigenvalue weighted by Gasteiger charge is 2.47. The second-order valence-corrected chi connectivity index (χ2v) is 32.1. The third kappa shape index (κ3) is 19.5. The van der Waals surface area contributed by atoms with Crippen molar-refractivity contribution in [3.05, 3.63) is 178 Å². The first-order valence-electron chi connectivity index (χ1n) is 35.3. The number of hydrogen-bond acceptors (Lipinski definition) is 6. The molecule has 6 aliphatic carbocycles. The number of fused-ring (bicyclic) bond motifs is 6. The maximum atomic E-state index is 4.51. The molecule has 0 saturated heterocycles. The van der Waals surface area contributed by atoms with Crippen LogP contribution in [0.15, 0.2) is 110 Å². The Morgan fingerprint density at radius 3 is 0.711 bits per heavy atom. The molecule has 12 rings (SSSR count). The van der Waals surface area contributed by atoms with Gasteiger partial charge in [-0.1, -0.05) is 286 Å². The van der Waals surface area contributed by atoms with Gasteiger partial charge in [-0.25, -0.2) is 9.97 Å². The zero-order valence-electron chi connectivity index (χ0n) is 65.3. The fourth-order valence-electron chi connectivity index (χ4n) is 16.8. The quantitative estimate of drug-likeness (QED) is 0.151. The first-order valence-corrected chi connectivity index (χ1v) is 35.3. The molecule has 0 radical (unpaired) electrons. The molecule has 5 aromatic heterocycles. The SMILES string of the molecule is CC.CC.CC.CC.CC.CC.CC1(C)CC(C)(C)c2ccccc21.CC1(C)CC(C)(C)c2cnccc21.CC1(C)CC(C)(C)c2cnccc21.CC1(C)CC(C)(C)c2ncccc21.CC1(C)CC(C)(C)c2ncccc21.CC1(C)CC(C)(C)c2ncncc21. The van der Waals surface area contributed by atoms with E-state index in [0.717, 1.165) is 6.42 Å². The molecule has 0 N–H and O–H groups in total. The minimum absolute atomic E-state index is 0.210. The Balaban J connectivity index is 0.000000522. The van der Waals surface area contributed by atoms with Crippen LogP contribution >= 0.6 is 0 Å². The van der Waals surface area contributed by atoms with E-state index in [1.165, 1.54) is 88.1 Å². The van der Waals surface area contributed by atoms with Gasteiger partial charge >= 0.3 is 0 Å².